The number of aryl methyl sites for hydroxylation is 1. The normalized spacial score (nSPS) is 17.1. The average molecular weight is 540 g/mol. The van der Waals surface area contributed by atoms with Gasteiger partial charge in [0, 0.05) is 54.3 Å². The lowest BCUT2D eigenvalue weighted by Gasteiger charge is -2.41. The van der Waals surface area contributed by atoms with Gasteiger partial charge in [-0.3, -0.25) is 4.98 Å². The molecule has 7 heteroatoms. The van der Waals surface area contributed by atoms with Crippen molar-refractivity contribution in [2.24, 2.45) is 5.41 Å². The molecule has 0 spiro atoms. The molecule has 1 aromatic heterocycles. The van der Waals surface area contributed by atoms with E-state index in [1.54, 1.807) is 6.20 Å². The van der Waals surface area contributed by atoms with Crippen LogP contribution in [0, 0.1) is 12.3 Å². The Balaban J connectivity index is 1.34. The Morgan fingerprint density at radius 2 is 2.02 bits per heavy atom. The number of anilines is 2. The van der Waals surface area contributed by atoms with Crippen molar-refractivity contribution in [1.29, 1.82) is 0 Å². The van der Waals surface area contributed by atoms with Gasteiger partial charge in [-0.1, -0.05) is 37.6 Å². The van der Waals surface area contributed by atoms with Crippen LogP contribution in [0.3, 0.4) is 0 Å². The van der Waals surface area contributed by atoms with E-state index in [2.05, 4.69) is 88.2 Å². The maximum Gasteiger partial charge on any atom is 0.123 e. The van der Waals surface area contributed by atoms with E-state index in [9.17, 15) is 10.2 Å². The molecular formula is C33H41N5O2. The number of nitrogens with zero attached hydrogens (tertiary/aromatic N) is 2. The lowest BCUT2D eigenvalue weighted by Crippen LogP contribution is -2.41. The highest BCUT2D eigenvalue weighted by atomic mass is 16.3. The largest absolute Gasteiger partial charge is 0.395 e. The van der Waals surface area contributed by atoms with Crippen LogP contribution < -0.4 is 16.0 Å². The number of hydrogen-bond donors (Lipinski definition) is 5. The molecule has 2 aliphatic rings. The van der Waals surface area contributed by atoms with Crippen molar-refractivity contribution in [3.8, 4) is 0 Å². The van der Waals surface area contributed by atoms with E-state index in [1.807, 2.05) is 25.4 Å². The van der Waals surface area contributed by atoms with Crippen LogP contribution >= 0.6 is 0 Å². The molecule has 0 aliphatic carbocycles. The fourth-order valence-electron chi connectivity index (χ4n) is 5.63. The first kappa shape index (κ1) is 27.7. The van der Waals surface area contributed by atoms with Crippen molar-refractivity contribution < 1.29 is 10.2 Å². The first-order valence-electron chi connectivity index (χ1n) is 14.2. The number of rotatable bonds is 10. The molecule has 0 saturated carbocycles. The van der Waals surface area contributed by atoms with Crippen LogP contribution in [0.25, 0.3) is 5.70 Å². The van der Waals surface area contributed by atoms with Gasteiger partial charge < -0.3 is 31.1 Å². The predicted molar refractivity (Wildman–Crippen MR) is 162 cm³/mol. The zero-order chi connectivity index (χ0) is 28.1. The molecule has 0 fully saturated rings. The molecule has 40 heavy (non-hydrogen) atoms. The van der Waals surface area contributed by atoms with Crippen molar-refractivity contribution in [2.75, 3.05) is 25.1 Å². The van der Waals surface area contributed by atoms with Gasteiger partial charge in [0.25, 0.3) is 0 Å². The Kier molecular flexibility index (Phi) is 8.43. The number of unbranched alkanes of at least 4 members (excludes halogenated alkanes) is 1. The van der Waals surface area contributed by atoms with Crippen LogP contribution in [0.5, 0.6) is 0 Å². The summed E-state index contributed by atoms with van der Waals surface area (Å²) >= 11 is 0. The number of pyridine rings is 1. The maximum absolute atomic E-state index is 10.1. The van der Waals surface area contributed by atoms with Gasteiger partial charge in [0.2, 0.25) is 0 Å². The van der Waals surface area contributed by atoms with Gasteiger partial charge in [-0.2, -0.15) is 0 Å². The summed E-state index contributed by atoms with van der Waals surface area (Å²) < 4.78 is 0. The quantitative estimate of drug-likeness (QED) is 0.237. The monoisotopic (exact) mass is 539 g/mol. The van der Waals surface area contributed by atoms with E-state index >= 15 is 0 Å². The summed E-state index contributed by atoms with van der Waals surface area (Å²) in [5.41, 5.74) is 9.64. The van der Waals surface area contributed by atoms with Crippen LogP contribution in [0.4, 0.5) is 11.4 Å². The molecule has 7 nitrogen and oxygen atoms in total. The number of hydrogen-bond acceptors (Lipinski definition) is 7. The number of aliphatic hydroxyl groups is 2. The summed E-state index contributed by atoms with van der Waals surface area (Å²) in [5.74, 6) is 0. The highest BCUT2D eigenvalue weighted by Crippen LogP contribution is 2.36. The van der Waals surface area contributed by atoms with Gasteiger partial charge in [-0.05, 0) is 79.3 Å². The van der Waals surface area contributed by atoms with Crippen molar-refractivity contribution in [3.05, 3.63) is 107 Å². The van der Waals surface area contributed by atoms with Crippen LogP contribution in [0.15, 0.2) is 78.9 Å². The van der Waals surface area contributed by atoms with Crippen molar-refractivity contribution in [3.63, 3.8) is 0 Å². The van der Waals surface area contributed by atoms with E-state index in [4.69, 9.17) is 0 Å². The summed E-state index contributed by atoms with van der Waals surface area (Å²) in [4.78, 5) is 6.58. The second-order valence-electron chi connectivity index (χ2n) is 11.1. The standard InChI is InChI=1S/C33H41N5O2/c1-4-5-11-31(33(3,21-39)22-40)38-16-14-27-25(20-38)8-6-10-29(27)36-26-13-12-23(2)28(17-26)32-35-19-30(37-32)24-9-7-15-34-18-24/h6-13,15,17-19,32,35-37,39-40H,4-5,14,16,20-22H2,1-3H3/b31-11+. The lowest BCUT2D eigenvalue weighted by atomic mass is 9.85. The Morgan fingerprint density at radius 3 is 2.77 bits per heavy atom. The molecule has 0 amide bonds. The number of aliphatic hydroxyl groups excluding tert-OH is 2. The molecule has 5 N–H and O–H groups in total. The van der Waals surface area contributed by atoms with E-state index in [0.717, 1.165) is 60.7 Å². The highest BCUT2D eigenvalue weighted by molar-refractivity contribution is 5.68. The zero-order valence-electron chi connectivity index (χ0n) is 23.7. The number of nitrogens with one attached hydrogen (secondary N) is 3. The highest BCUT2D eigenvalue weighted by Gasteiger charge is 2.33. The summed E-state index contributed by atoms with van der Waals surface area (Å²) in [6.07, 6.45) is 10.7. The van der Waals surface area contributed by atoms with Crippen LogP contribution in [0.1, 0.15) is 60.7 Å². The molecule has 5 rings (SSSR count). The molecule has 0 radical (unpaired) electrons. The summed E-state index contributed by atoms with van der Waals surface area (Å²) in [7, 11) is 0. The van der Waals surface area contributed by atoms with Crippen molar-refractivity contribution >= 4 is 17.1 Å². The third-order valence-corrected chi connectivity index (χ3v) is 8.09. The van der Waals surface area contributed by atoms with Crippen molar-refractivity contribution in [1.82, 2.24) is 20.5 Å². The van der Waals surface area contributed by atoms with Gasteiger partial charge in [0.1, 0.15) is 6.17 Å². The maximum atomic E-state index is 10.1. The molecule has 2 aromatic carbocycles. The Labute approximate surface area is 237 Å². The minimum absolute atomic E-state index is 0.0177. The Hall–Kier alpha value is -3.81. The average Bonchev–Trinajstić information content (AvgIpc) is 3.49. The van der Waals surface area contributed by atoms with E-state index < -0.39 is 5.41 Å². The molecule has 0 bridgehead atoms. The molecule has 2 aliphatic heterocycles. The Bertz CT molecular complexity index is 1380. The zero-order valence-corrected chi connectivity index (χ0v) is 23.7. The van der Waals surface area contributed by atoms with Crippen molar-refractivity contribution in [2.45, 2.75) is 52.7 Å². The van der Waals surface area contributed by atoms with E-state index in [1.165, 1.54) is 22.3 Å². The van der Waals surface area contributed by atoms with Crippen LogP contribution in [-0.4, -0.2) is 39.9 Å². The second kappa shape index (κ2) is 12.1. The molecule has 1 atom stereocenters. The minimum Gasteiger partial charge on any atom is -0.395 e. The van der Waals surface area contributed by atoms with Gasteiger partial charge in [-0.25, -0.2) is 0 Å². The molecular weight excluding hydrogens is 498 g/mol. The van der Waals surface area contributed by atoms with Crippen LogP contribution in [0.2, 0.25) is 0 Å². The molecule has 1 unspecified atom stereocenters. The summed E-state index contributed by atoms with van der Waals surface area (Å²) in [6.45, 7) is 7.67. The number of benzene rings is 2. The van der Waals surface area contributed by atoms with Gasteiger partial charge >= 0.3 is 0 Å². The number of aromatic nitrogens is 1. The molecule has 210 valence electrons. The van der Waals surface area contributed by atoms with E-state index in [-0.39, 0.29) is 19.4 Å². The van der Waals surface area contributed by atoms with Gasteiger partial charge in [-0.15, -0.1) is 0 Å². The summed E-state index contributed by atoms with van der Waals surface area (Å²) in [6, 6.07) is 17.0. The van der Waals surface area contributed by atoms with Gasteiger partial charge in [0.15, 0.2) is 0 Å². The van der Waals surface area contributed by atoms with Gasteiger partial charge in [0.05, 0.1) is 24.3 Å². The fourth-order valence-corrected chi connectivity index (χ4v) is 5.63. The number of allylic oxidation sites excluding steroid dienone is 1. The molecule has 3 aromatic rings. The second-order valence-corrected chi connectivity index (χ2v) is 11.1. The third-order valence-electron chi connectivity index (χ3n) is 8.09. The molecule has 3 heterocycles. The minimum atomic E-state index is -0.658. The topological polar surface area (TPSA) is 92.7 Å². The SMILES string of the molecule is CCC/C=C(/N1CCc2c(cccc2Nc2ccc(C)c(C3NC=C(c4cccnc4)N3)c2)C1)C(C)(CO)CO. The first-order chi connectivity index (χ1) is 19.5. The predicted octanol–water partition coefficient (Wildman–Crippen LogP) is 5.36. The van der Waals surface area contributed by atoms with E-state index in [0.29, 0.717) is 0 Å². The number of fused-ring (bicyclic) bond motifs is 1. The van der Waals surface area contributed by atoms with Crippen LogP contribution in [-0.2, 0) is 13.0 Å². The lowest BCUT2D eigenvalue weighted by molar-refractivity contribution is 0.0689. The molecule has 0 saturated heterocycles. The summed E-state index contributed by atoms with van der Waals surface area (Å²) in [5, 5.41) is 31.0. The fraction of sp³-hybridized carbons (Fsp3) is 0.364. The Morgan fingerprint density at radius 1 is 1.18 bits per heavy atom. The first-order valence-corrected chi connectivity index (χ1v) is 14.2. The third kappa shape index (κ3) is 5.71. The smallest absolute Gasteiger partial charge is 0.123 e.